The molecule has 0 spiro atoms. The van der Waals surface area contributed by atoms with Crippen LogP contribution in [0, 0.1) is 0 Å². The van der Waals surface area contributed by atoms with E-state index in [-0.39, 0.29) is 16.6 Å². The number of nitrogens with one attached hydrogen (secondary N) is 2. The Morgan fingerprint density at radius 1 is 1.27 bits per heavy atom. The van der Waals surface area contributed by atoms with Gasteiger partial charge in [-0.25, -0.2) is 10.0 Å². The number of fused-ring (bicyclic) bond motifs is 1. The van der Waals surface area contributed by atoms with Gasteiger partial charge in [0.25, 0.3) is 5.91 Å². The van der Waals surface area contributed by atoms with E-state index in [1.54, 1.807) is 36.1 Å². The molecule has 1 fully saturated rings. The summed E-state index contributed by atoms with van der Waals surface area (Å²) in [5.74, 6) is 0.975. The fourth-order valence-corrected chi connectivity index (χ4v) is 7.12. The third-order valence-corrected chi connectivity index (χ3v) is 10.3. The summed E-state index contributed by atoms with van der Waals surface area (Å²) in [4.78, 5) is 28.4. The number of carbonyl (C=O) groups is 2. The Balaban J connectivity index is 1.52. The molecule has 1 aromatic heterocycles. The lowest BCUT2D eigenvalue weighted by Crippen LogP contribution is -2.51. The van der Waals surface area contributed by atoms with Crippen molar-refractivity contribution in [3.05, 3.63) is 40.5 Å². The first-order valence-corrected chi connectivity index (χ1v) is 14.4. The average Bonchev–Trinajstić information content (AvgIpc) is 3.17. The van der Waals surface area contributed by atoms with Crippen LogP contribution in [0.15, 0.2) is 24.3 Å². The molecular weight excluding hydrogens is 460 g/mol. The summed E-state index contributed by atoms with van der Waals surface area (Å²) in [7, 11) is -1.08. The third-order valence-electron chi connectivity index (χ3n) is 7.17. The Hall–Kier alpha value is -2.19. The summed E-state index contributed by atoms with van der Waals surface area (Å²) >= 11 is 6.04. The first-order valence-electron chi connectivity index (χ1n) is 11.2. The number of nitrogens with zero attached hydrogens (tertiary/aromatic N) is 2. The van der Waals surface area contributed by atoms with Crippen LogP contribution in [0.5, 0.6) is 5.75 Å². The minimum absolute atomic E-state index is 0.0470. The predicted octanol–water partition coefficient (Wildman–Crippen LogP) is 4.66. The second kappa shape index (κ2) is 8.24. The molecule has 1 aliphatic heterocycles. The Morgan fingerprint density at radius 2 is 1.97 bits per heavy atom. The van der Waals surface area contributed by atoms with Crippen molar-refractivity contribution in [2.24, 2.45) is 0 Å². The van der Waals surface area contributed by atoms with Crippen molar-refractivity contribution >= 4 is 39.3 Å². The van der Waals surface area contributed by atoms with Crippen molar-refractivity contribution in [3.8, 4) is 5.75 Å². The van der Waals surface area contributed by atoms with Gasteiger partial charge >= 0.3 is 0 Å². The summed E-state index contributed by atoms with van der Waals surface area (Å²) < 4.78 is 5.56. The lowest BCUT2D eigenvalue weighted by atomic mass is 9.83. The molecule has 1 aliphatic carbocycles. The van der Waals surface area contributed by atoms with Gasteiger partial charge in [0.2, 0.25) is 5.91 Å². The zero-order chi connectivity index (χ0) is 24.2. The van der Waals surface area contributed by atoms with E-state index in [1.807, 2.05) is 13.8 Å². The normalized spacial score (nSPS) is 19.9. The number of hydrogen-bond acceptors (Lipinski definition) is 4. The van der Waals surface area contributed by atoms with E-state index in [4.69, 9.17) is 16.3 Å². The van der Waals surface area contributed by atoms with Crippen molar-refractivity contribution in [2.75, 3.05) is 24.1 Å². The smallest absolute Gasteiger partial charge is 0.264 e. The van der Waals surface area contributed by atoms with Gasteiger partial charge in [-0.1, -0.05) is 17.7 Å². The molecule has 7 nitrogen and oxygen atoms in total. The number of carbonyl (C=O) groups excluding carboxylic acids is 2. The van der Waals surface area contributed by atoms with Crippen LogP contribution in [0.25, 0.3) is 0 Å². The number of anilines is 1. The van der Waals surface area contributed by atoms with Crippen LogP contribution >= 0.6 is 21.6 Å². The topological polar surface area (TPSA) is 87.3 Å². The molecule has 1 unspecified atom stereocenters. The summed E-state index contributed by atoms with van der Waals surface area (Å²) in [6.07, 6.45) is 8.82. The van der Waals surface area contributed by atoms with Gasteiger partial charge in [-0.15, -0.1) is 0 Å². The van der Waals surface area contributed by atoms with Crippen molar-refractivity contribution < 1.29 is 14.3 Å². The highest BCUT2D eigenvalue weighted by molar-refractivity contribution is 8.33. The van der Waals surface area contributed by atoms with Crippen LogP contribution in [-0.4, -0.2) is 56.5 Å². The molecule has 1 saturated carbocycles. The number of aromatic nitrogens is 2. The van der Waals surface area contributed by atoms with Gasteiger partial charge in [-0.3, -0.25) is 14.7 Å². The predicted molar refractivity (Wildman–Crippen MR) is 134 cm³/mol. The number of hydrogen-bond donors (Lipinski definition) is 2. The molecule has 0 saturated heterocycles. The highest BCUT2D eigenvalue weighted by atomic mass is 35.5. The Bertz CT molecular complexity index is 1090. The number of amides is 2. The molecule has 0 radical (unpaired) electrons. The molecule has 2 amide bonds. The maximum Gasteiger partial charge on any atom is 0.264 e. The van der Waals surface area contributed by atoms with Gasteiger partial charge in [-0.2, -0.15) is 5.10 Å². The summed E-state index contributed by atoms with van der Waals surface area (Å²) in [5, 5.41) is 11.1. The molecule has 2 heterocycles. The van der Waals surface area contributed by atoms with Gasteiger partial charge in [0.1, 0.15) is 5.75 Å². The number of aromatic amines is 1. The van der Waals surface area contributed by atoms with E-state index in [2.05, 4.69) is 34.3 Å². The molecule has 1 atom stereocenters. The molecule has 33 heavy (non-hydrogen) atoms. The molecule has 1 aromatic carbocycles. The molecule has 4 rings (SSSR count). The SMILES string of the molecule is CC(Oc1cccc(Cl)c1)C(=O)N1Cc2c(NC(=O)C3(S(C)(C)C)CCC3)n[nH]c2C1(C)C. The molecular formula is C24H33ClN4O3S. The zero-order valence-corrected chi connectivity index (χ0v) is 21.7. The summed E-state index contributed by atoms with van der Waals surface area (Å²) in [6.45, 7) is 6.03. The standard InChI is InChI=1S/C24H33ClN4O3S/c1-15(32-17-10-7-9-16(25)13-17)21(30)29-14-18-19(23(29,2)3)27-28-20(18)26-22(31)24(11-8-12-24)33(4,5)6/h7,9-10,13,15H,8,11-12,14H2,1-6H3,(H2,26,27,28,31). The lowest BCUT2D eigenvalue weighted by Gasteiger charge is -2.53. The Kier molecular flexibility index (Phi) is 5.98. The Labute approximate surface area is 201 Å². The van der Waals surface area contributed by atoms with Gasteiger partial charge in [0.15, 0.2) is 11.9 Å². The monoisotopic (exact) mass is 492 g/mol. The van der Waals surface area contributed by atoms with Crippen LogP contribution in [-0.2, 0) is 21.7 Å². The van der Waals surface area contributed by atoms with E-state index in [1.165, 1.54) is 0 Å². The lowest BCUT2D eigenvalue weighted by molar-refractivity contribution is -0.143. The molecule has 0 bridgehead atoms. The maximum atomic E-state index is 13.3. The van der Waals surface area contributed by atoms with E-state index < -0.39 is 21.7 Å². The zero-order valence-electron chi connectivity index (χ0n) is 20.1. The number of rotatable bonds is 6. The Morgan fingerprint density at radius 3 is 2.55 bits per heavy atom. The summed E-state index contributed by atoms with van der Waals surface area (Å²) in [5.41, 5.74) is 1.08. The molecule has 2 aromatic rings. The first kappa shape index (κ1) is 24.0. The quantitative estimate of drug-likeness (QED) is 0.613. The van der Waals surface area contributed by atoms with Crippen molar-refractivity contribution in [1.82, 2.24) is 15.1 Å². The molecule has 180 valence electrons. The maximum absolute atomic E-state index is 13.3. The van der Waals surface area contributed by atoms with E-state index in [0.29, 0.717) is 23.1 Å². The second-order valence-corrected chi connectivity index (χ2v) is 15.2. The van der Waals surface area contributed by atoms with Gasteiger partial charge < -0.3 is 15.0 Å². The van der Waals surface area contributed by atoms with Crippen LogP contribution in [0.3, 0.4) is 0 Å². The molecule has 2 N–H and O–H groups in total. The van der Waals surface area contributed by atoms with Crippen LogP contribution in [0.4, 0.5) is 5.82 Å². The largest absolute Gasteiger partial charge is 0.481 e. The van der Waals surface area contributed by atoms with E-state index in [9.17, 15) is 9.59 Å². The van der Waals surface area contributed by atoms with Gasteiger partial charge in [0, 0.05) is 10.6 Å². The van der Waals surface area contributed by atoms with Crippen molar-refractivity contribution in [2.45, 2.75) is 63.0 Å². The third kappa shape index (κ3) is 4.01. The number of halogens is 1. The minimum atomic E-state index is -1.08. The number of H-pyrrole nitrogens is 1. The van der Waals surface area contributed by atoms with Gasteiger partial charge in [-0.05, 0) is 77.0 Å². The average molecular weight is 493 g/mol. The van der Waals surface area contributed by atoms with Crippen molar-refractivity contribution in [1.29, 1.82) is 0 Å². The fraction of sp³-hybridized carbons (Fsp3) is 0.542. The number of ether oxygens (including phenoxy) is 1. The van der Waals surface area contributed by atoms with Crippen LogP contribution in [0.2, 0.25) is 5.02 Å². The first-order chi connectivity index (χ1) is 15.4. The van der Waals surface area contributed by atoms with E-state index >= 15 is 0 Å². The highest BCUT2D eigenvalue weighted by Gasteiger charge is 2.51. The minimum Gasteiger partial charge on any atom is -0.481 e. The highest BCUT2D eigenvalue weighted by Crippen LogP contribution is 2.60. The van der Waals surface area contributed by atoms with Gasteiger partial charge in [0.05, 0.1) is 22.5 Å². The van der Waals surface area contributed by atoms with E-state index in [0.717, 1.165) is 30.5 Å². The fourth-order valence-electron chi connectivity index (χ4n) is 4.82. The van der Waals surface area contributed by atoms with Crippen LogP contribution in [0.1, 0.15) is 51.3 Å². The number of benzene rings is 1. The van der Waals surface area contributed by atoms with Crippen molar-refractivity contribution in [3.63, 3.8) is 0 Å². The summed E-state index contributed by atoms with van der Waals surface area (Å²) in [6, 6.07) is 7.01. The second-order valence-electron chi connectivity index (χ2n) is 10.3. The molecule has 2 aliphatic rings. The molecule has 9 heteroatoms. The van der Waals surface area contributed by atoms with Crippen LogP contribution < -0.4 is 10.1 Å².